The maximum Gasteiger partial charge on any atom is 0.248 e. The van der Waals surface area contributed by atoms with Crippen LogP contribution < -0.4 is 10.1 Å². The maximum absolute atomic E-state index is 12.1. The molecule has 2 rings (SSSR count). The smallest absolute Gasteiger partial charge is 0.248 e. The summed E-state index contributed by atoms with van der Waals surface area (Å²) in [7, 11) is 0. The van der Waals surface area contributed by atoms with Gasteiger partial charge in [-0.25, -0.2) is 0 Å². The first-order valence-corrected chi connectivity index (χ1v) is 6.67. The van der Waals surface area contributed by atoms with Gasteiger partial charge in [0.1, 0.15) is 12.4 Å². The second-order valence-electron chi connectivity index (χ2n) is 5.12. The van der Waals surface area contributed by atoms with E-state index < -0.39 is 11.5 Å². The zero-order valence-electron chi connectivity index (χ0n) is 12.7. The SMILES string of the molecule is Cc1ccc(OC[C@](C)(O)C(=O)Nc2c[c-]ccc2)cc1.[Y]. The van der Waals surface area contributed by atoms with Gasteiger partial charge >= 0.3 is 0 Å². The zero-order valence-corrected chi connectivity index (χ0v) is 15.5. The molecule has 2 N–H and O–H groups in total. The fraction of sp³-hybridized carbons (Fsp3) is 0.235. The van der Waals surface area contributed by atoms with Crippen molar-refractivity contribution in [2.75, 3.05) is 11.9 Å². The molecule has 0 spiro atoms. The number of rotatable bonds is 5. The first-order valence-electron chi connectivity index (χ1n) is 6.67. The number of amides is 1. The third kappa shape index (κ3) is 5.52. The van der Waals surface area contributed by atoms with Crippen LogP contribution in [-0.4, -0.2) is 23.2 Å². The number of hydrogen-bond donors (Lipinski definition) is 2. The molecule has 113 valence electrons. The van der Waals surface area contributed by atoms with Crippen LogP contribution in [0.15, 0.2) is 48.5 Å². The van der Waals surface area contributed by atoms with Crippen LogP contribution in [-0.2, 0) is 37.5 Å². The van der Waals surface area contributed by atoms with E-state index in [1.807, 2.05) is 19.1 Å². The number of carbonyl (C=O) groups is 1. The van der Waals surface area contributed by atoms with E-state index >= 15 is 0 Å². The van der Waals surface area contributed by atoms with E-state index in [0.29, 0.717) is 11.4 Å². The molecule has 0 fully saturated rings. The van der Waals surface area contributed by atoms with Crippen LogP contribution in [0.3, 0.4) is 0 Å². The van der Waals surface area contributed by atoms with Gasteiger partial charge in [0, 0.05) is 32.7 Å². The van der Waals surface area contributed by atoms with Crippen LogP contribution in [0.2, 0.25) is 0 Å². The molecule has 2 aromatic rings. The second kappa shape index (κ2) is 8.42. The molecule has 0 aromatic heterocycles. The monoisotopic (exact) mass is 373 g/mol. The average Bonchev–Trinajstić information content (AvgIpc) is 2.48. The molecule has 1 atom stereocenters. The minimum atomic E-state index is -1.62. The van der Waals surface area contributed by atoms with E-state index in [0.717, 1.165) is 5.56 Å². The zero-order chi connectivity index (χ0) is 15.3. The van der Waals surface area contributed by atoms with Crippen molar-refractivity contribution in [3.05, 3.63) is 60.2 Å². The van der Waals surface area contributed by atoms with E-state index in [9.17, 15) is 9.90 Å². The molecule has 0 bridgehead atoms. The van der Waals surface area contributed by atoms with Crippen LogP contribution in [0.1, 0.15) is 12.5 Å². The normalized spacial score (nSPS) is 12.7. The minimum absolute atomic E-state index is 0. The Morgan fingerprint density at radius 1 is 1.32 bits per heavy atom. The Kier molecular flexibility index (Phi) is 7.20. The first-order chi connectivity index (χ1) is 9.97. The van der Waals surface area contributed by atoms with Gasteiger partial charge in [-0.05, 0) is 26.0 Å². The van der Waals surface area contributed by atoms with Crippen molar-refractivity contribution < 1.29 is 47.3 Å². The summed E-state index contributed by atoms with van der Waals surface area (Å²) in [5.41, 5.74) is 0.0751. The number of nitrogens with one attached hydrogen (secondary N) is 1. The summed E-state index contributed by atoms with van der Waals surface area (Å²) in [5, 5.41) is 12.8. The Labute approximate surface area is 155 Å². The molecule has 4 nitrogen and oxygen atoms in total. The van der Waals surface area contributed by atoms with Crippen molar-refractivity contribution in [1.29, 1.82) is 0 Å². The molecule has 22 heavy (non-hydrogen) atoms. The summed E-state index contributed by atoms with van der Waals surface area (Å²) in [6.07, 6.45) is 0. The molecule has 0 unspecified atom stereocenters. The molecular weight excluding hydrogens is 355 g/mol. The van der Waals surface area contributed by atoms with Crippen LogP contribution >= 0.6 is 0 Å². The Balaban J connectivity index is 0.00000242. The maximum atomic E-state index is 12.1. The molecule has 0 aliphatic carbocycles. The van der Waals surface area contributed by atoms with Crippen molar-refractivity contribution >= 4 is 11.6 Å². The predicted octanol–water partition coefficient (Wildman–Crippen LogP) is 2.56. The third-order valence-corrected chi connectivity index (χ3v) is 2.99. The summed E-state index contributed by atoms with van der Waals surface area (Å²) < 4.78 is 5.47. The van der Waals surface area contributed by atoms with E-state index in [2.05, 4.69) is 11.4 Å². The molecule has 0 aliphatic rings. The molecule has 0 aliphatic heterocycles. The van der Waals surface area contributed by atoms with Crippen LogP contribution in [0, 0.1) is 13.0 Å². The van der Waals surface area contributed by atoms with Gasteiger partial charge < -0.3 is 15.2 Å². The Morgan fingerprint density at radius 3 is 2.59 bits per heavy atom. The van der Waals surface area contributed by atoms with Crippen molar-refractivity contribution in [2.24, 2.45) is 0 Å². The number of aryl methyl sites for hydroxylation is 1. The van der Waals surface area contributed by atoms with Gasteiger partial charge in [-0.1, -0.05) is 23.4 Å². The van der Waals surface area contributed by atoms with E-state index in [1.54, 1.807) is 36.4 Å². The van der Waals surface area contributed by atoms with Gasteiger partial charge in [-0.3, -0.25) is 4.79 Å². The van der Waals surface area contributed by atoms with Crippen molar-refractivity contribution in [3.63, 3.8) is 0 Å². The van der Waals surface area contributed by atoms with Gasteiger partial charge in [-0.15, -0.1) is 6.07 Å². The summed E-state index contributed by atoms with van der Waals surface area (Å²) in [4.78, 5) is 12.1. The number of anilines is 1. The van der Waals surface area contributed by atoms with Crippen molar-refractivity contribution in [2.45, 2.75) is 19.4 Å². The van der Waals surface area contributed by atoms with Gasteiger partial charge in [-0.2, -0.15) is 24.3 Å². The fourth-order valence-corrected chi connectivity index (χ4v) is 1.66. The fourth-order valence-electron chi connectivity index (χ4n) is 1.66. The number of hydrogen-bond acceptors (Lipinski definition) is 3. The summed E-state index contributed by atoms with van der Waals surface area (Å²) in [6.45, 7) is 3.27. The Hall–Kier alpha value is -1.23. The number of aliphatic hydroxyl groups is 1. The minimum Gasteiger partial charge on any atom is -0.490 e. The quantitative estimate of drug-likeness (QED) is 0.793. The molecular formula is C17H18NO3Y-. The number of carbonyl (C=O) groups excluding carboxylic acids is 1. The van der Waals surface area contributed by atoms with Crippen molar-refractivity contribution in [1.82, 2.24) is 0 Å². The Morgan fingerprint density at radius 2 is 2.00 bits per heavy atom. The molecule has 0 saturated carbocycles. The van der Waals surface area contributed by atoms with Crippen LogP contribution in [0.25, 0.3) is 0 Å². The topological polar surface area (TPSA) is 58.6 Å². The van der Waals surface area contributed by atoms with Crippen LogP contribution in [0.4, 0.5) is 5.69 Å². The summed E-state index contributed by atoms with van der Waals surface area (Å²) in [5.74, 6) is 0.0935. The molecule has 5 heteroatoms. The van der Waals surface area contributed by atoms with Gasteiger partial charge in [0.25, 0.3) is 0 Å². The van der Waals surface area contributed by atoms with E-state index in [-0.39, 0.29) is 39.3 Å². The summed E-state index contributed by atoms with van der Waals surface area (Å²) >= 11 is 0. The molecule has 0 saturated heterocycles. The largest absolute Gasteiger partial charge is 0.490 e. The second-order valence-corrected chi connectivity index (χ2v) is 5.12. The summed E-state index contributed by atoms with van der Waals surface area (Å²) in [6, 6.07) is 17.1. The molecule has 1 amide bonds. The molecule has 1 radical (unpaired) electrons. The molecule has 2 aromatic carbocycles. The standard InChI is InChI=1S/C17H18NO3.Y/c1-13-8-10-15(11-9-13)21-12-17(2,20)16(19)18-14-6-4-3-5-7-14;/h3-4,6-11,20H,12H2,1-2H3,(H,18,19);/q-1;/t17-;/m0./s1. The Bertz CT molecular complexity index is 597. The average molecular weight is 373 g/mol. The van der Waals surface area contributed by atoms with Crippen LogP contribution in [0.5, 0.6) is 5.75 Å². The van der Waals surface area contributed by atoms with Crippen molar-refractivity contribution in [3.8, 4) is 5.75 Å². The van der Waals surface area contributed by atoms with E-state index in [4.69, 9.17) is 4.74 Å². The van der Waals surface area contributed by atoms with Gasteiger partial charge in [0.05, 0.1) is 0 Å². The predicted molar refractivity (Wildman–Crippen MR) is 81.2 cm³/mol. The number of benzene rings is 2. The van der Waals surface area contributed by atoms with E-state index in [1.165, 1.54) is 6.92 Å². The third-order valence-electron chi connectivity index (χ3n) is 2.99. The molecule has 0 heterocycles. The first kappa shape index (κ1) is 18.8. The van der Waals surface area contributed by atoms with Gasteiger partial charge in [0.2, 0.25) is 5.91 Å². The van der Waals surface area contributed by atoms with Gasteiger partial charge in [0.15, 0.2) is 5.60 Å². The number of ether oxygens (including phenoxy) is 1.